The molecule has 0 bridgehead atoms. The molecule has 80 valence electrons. The van der Waals surface area contributed by atoms with Gasteiger partial charge in [0.2, 0.25) is 0 Å². The van der Waals surface area contributed by atoms with E-state index in [4.69, 9.17) is 10.7 Å². The molecule has 0 radical (unpaired) electrons. The lowest BCUT2D eigenvalue weighted by Crippen LogP contribution is -2.24. The Balaban J connectivity index is 3.37. The van der Waals surface area contributed by atoms with Crippen molar-refractivity contribution in [2.45, 2.75) is 38.1 Å². The lowest BCUT2D eigenvalue weighted by molar-refractivity contribution is 0.347. The maximum Gasteiger partial charge on any atom is 0.264 e. The third kappa shape index (κ3) is 2.09. The normalized spacial score (nSPS) is 13.2. The van der Waals surface area contributed by atoms with Crippen molar-refractivity contribution in [2.75, 3.05) is 0 Å². The molecule has 6 heteroatoms. The van der Waals surface area contributed by atoms with E-state index in [2.05, 4.69) is 5.10 Å². The van der Waals surface area contributed by atoms with Crippen LogP contribution in [-0.4, -0.2) is 18.2 Å². The van der Waals surface area contributed by atoms with Crippen molar-refractivity contribution >= 4 is 19.7 Å². The molecule has 0 aliphatic heterocycles. The number of hydrogen-bond acceptors (Lipinski definition) is 3. The second-order valence-electron chi connectivity index (χ2n) is 4.11. The summed E-state index contributed by atoms with van der Waals surface area (Å²) < 4.78 is 23.9. The van der Waals surface area contributed by atoms with Crippen molar-refractivity contribution in [2.24, 2.45) is 0 Å². The zero-order valence-corrected chi connectivity index (χ0v) is 10.1. The second-order valence-corrected chi connectivity index (χ2v) is 6.65. The summed E-state index contributed by atoms with van der Waals surface area (Å²) in [5.74, 6) is 0. The van der Waals surface area contributed by atoms with Crippen LogP contribution in [0.3, 0.4) is 0 Å². The molecule has 1 rings (SSSR count). The Labute approximate surface area is 88.3 Å². The van der Waals surface area contributed by atoms with Crippen molar-refractivity contribution in [3.8, 4) is 0 Å². The molecule has 14 heavy (non-hydrogen) atoms. The summed E-state index contributed by atoms with van der Waals surface area (Å²) in [6, 6.07) is 0. The monoisotopic (exact) mass is 236 g/mol. The molecule has 0 aliphatic carbocycles. The number of halogens is 1. The van der Waals surface area contributed by atoms with Crippen molar-refractivity contribution in [1.82, 2.24) is 9.78 Å². The average molecular weight is 237 g/mol. The van der Waals surface area contributed by atoms with Crippen LogP contribution in [0.4, 0.5) is 0 Å². The summed E-state index contributed by atoms with van der Waals surface area (Å²) in [6.07, 6.45) is 1.28. The van der Waals surface area contributed by atoms with Gasteiger partial charge in [-0.2, -0.15) is 5.10 Å². The van der Waals surface area contributed by atoms with Gasteiger partial charge in [0.1, 0.15) is 4.90 Å². The summed E-state index contributed by atoms with van der Waals surface area (Å²) in [7, 11) is 1.56. The van der Waals surface area contributed by atoms with Gasteiger partial charge >= 0.3 is 0 Å². The quantitative estimate of drug-likeness (QED) is 0.700. The Morgan fingerprint density at radius 3 is 2.14 bits per heavy atom. The van der Waals surface area contributed by atoms with Gasteiger partial charge in [-0.3, -0.25) is 4.68 Å². The minimum Gasteiger partial charge on any atom is -0.263 e. The Morgan fingerprint density at radius 2 is 1.93 bits per heavy atom. The van der Waals surface area contributed by atoms with Crippen LogP contribution < -0.4 is 0 Å². The van der Waals surface area contributed by atoms with Crippen LogP contribution in [0.25, 0.3) is 0 Å². The zero-order valence-electron chi connectivity index (χ0n) is 8.57. The predicted octanol–water partition coefficient (Wildman–Crippen LogP) is 1.87. The molecule has 0 aromatic carbocycles. The van der Waals surface area contributed by atoms with E-state index in [0.29, 0.717) is 5.69 Å². The Kier molecular flexibility index (Phi) is 2.67. The van der Waals surface area contributed by atoms with Gasteiger partial charge in [-0.1, -0.05) is 0 Å². The third-order valence-electron chi connectivity index (χ3n) is 1.86. The Hall–Kier alpha value is -0.550. The van der Waals surface area contributed by atoms with Crippen LogP contribution in [0.1, 0.15) is 26.5 Å². The first-order valence-corrected chi connectivity index (χ1v) is 6.45. The van der Waals surface area contributed by atoms with E-state index in [0.717, 1.165) is 0 Å². The van der Waals surface area contributed by atoms with Crippen molar-refractivity contribution < 1.29 is 8.42 Å². The highest BCUT2D eigenvalue weighted by Gasteiger charge is 2.23. The van der Waals surface area contributed by atoms with E-state index in [-0.39, 0.29) is 10.4 Å². The van der Waals surface area contributed by atoms with Crippen LogP contribution in [0.5, 0.6) is 0 Å². The lowest BCUT2D eigenvalue weighted by atomic mass is 10.1. The summed E-state index contributed by atoms with van der Waals surface area (Å²) in [6.45, 7) is 7.51. The van der Waals surface area contributed by atoms with Crippen molar-refractivity contribution in [3.63, 3.8) is 0 Å². The van der Waals surface area contributed by atoms with E-state index in [1.54, 1.807) is 11.6 Å². The van der Waals surface area contributed by atoms with Crippen LogP contribution in [0.2, 0.25) is 0 Å². The van der Waals surface area contributed by atoms with Crippen LogP contribution in [-0.2, 0) is 14.6 Å². The van der Waals surface area contributed by atoms with Crippen molar-refractivity contribution in [3.05, 3.63) is 11.9 Å². The van der Waals surface area contributed by atoms with E-state index < -0.39 is 9.05 Å². The lowest BCUT2D eigenvalue weighted by Gasteiger charge is -2.21. The summed E-state index contributed by atoms with van der Waals surface area (Å²) in [4.78, 5) is 0.0779. The van der Waals surface area contributed by atoms with Crippen LogP contribution in [0.15, 0.2) is 11.1 Å². The first-order chi connectivity index (χ1) is 6.14. The highest BCUT2D eigenvalue weighted by Crippen LogP contribution is 2.23. The fourth-order valence-corrected chi connectivity index (χ4v) is 2.38. The van der Waals surface area contributed by atoms with Gasteiger partial charge in [-0.25, -0.2) is 8.42 Å². The van der Waals surface area contributed by atoms with E-state index in [9.17, 15) is 8.42 Å². The standard InChI is InChI=1S/C8H13ClN2O2S/c1-6-7(14(9,12)13)5-10-11(6)8(2,3)4/h5H,1-4H3. The molecule has 0 unspecified atom stereocenters. The molecule has 0 N–H and O–H groups in total. The van der Waals surface area contributed by atoms with Gasteiger partial charge in [-0.15, -0.1) is 0 Å². The molecule has 0 spiro atoms. The third-order valence-corrected chi connectivity index (χ3v) is 3.29. The molecule has 0 amide bonds. The van der Waals surface area contributed by atoms with Gasteiger partial charge < -0.3 is 0 Å². The Morgan fingerprint density at radius 1 is 1.43 bits per heavy atom. The van der Waals surface area contributed by atoms with Gasteiger partial charge in [-0.05, 0) is 27.7 Å². The van der Waals surface area contributed by atoms with Gasteiger partial charge in [0.05, 0.1) is 17.4 Å². The zero-order chi connectivity index (χ0) is 11.1. The summed E-state index contributed by atoms with van der Waals surface area (Å²) >= 11 is 0. The number of aromatic nitrogens is 2. The van der Waals surface area contributed by atoms with Crippen LogP contribution in [0, 0.1) is 6.92 Å². The molecular formula is C8H13ClN2O2S. The fourth-order valence-electron chi connectivity index (χ4n) is 1.31. The minimum absolute atomic E-state index is 0.0779. The smallest absolute Gasteiger partial charge is 0.263 e. The molecule has 0 aliphatic rings. The molecule has 4 nitrogen and oxygen atoms in total. The molecular weight excluding hydrogens is 224 g/mol. The van der Waals surface area contributed by atoms with Crippen molar-refractivity contribution in [1.29, 1.82) is 0 Å². The molecule has 0 saturated carbocycles. The predicted molar refractivity (Wildman–Crippen MR) is 55.0 cm³/mol. The average Bonchev–Trinajstić information content (AvgIpc) is 2.26. The summed E-state index contributed by atoms with van der Waals surface area (Å²) in [5.41, 5.74) is 0.316. The maximum atomic E-state index is 11.1. The molecule has 1 aromatic rings. The van der Waals surface area contributed by atoms with E-state index >= 15 is 0 Å². The van der Waals surface area contributed by atoms with Gasteiger partial charge in [0.25, 0.3) is 9.05 Å². The molecule has 0 fully saturated rings. The second kappa shape index (κ2) is 3.24. The Bertz CT molecular complexity index is 442. The number of nitrogens with zero attached hydrogens (tertiary/aromatic N) is 2. The molecule has 0 saturated heterocycles. The highest BCUT2D eigenvalue weighted by molar-refractivity contribution is 8.13. The largest absolute Gasteiger partial charge is 0.264 e. The topological polar surface area (TPSA) is 52.0 Å². The SMILES string of the molecule is Cc1c(S(=O)(=O)Cl)cnn1C(C)(C)C. The summed E-state index contributed by atoms with van der Waals surface area (Å²) in [5, 5.41) is 4.01. The fraction of sp³-hybridized carbons (Fsp3) is 0.625. The first kappa shape index (κ1) is 11.5. The molecule has 0 atom stereocenters. The van der Waals surface area contributed by atoms with Crippen LogP contribution >= 0.6 is 10.7 Å². The molecule has 1 aromatic heterocycles. The van der Waals surface area contributed by atoms with Gasteiger partial charge in [0, 0.05) is 10.7 Å². The molecule has 1 heterocycles. The van der Waals surface area contributed by atoms with E-state index in [1.807, 2.05) is 20.8 Å². The number of hydrogen-bond donors (Lipinski definition) is 0. The number of rotatable bonds is 1. The highest BCUT2D eigenvalue weighted by atomic mass is 35.7. The first-order valence-electron chi connectivity index (χ1n) is 4.14. The minimum atomic E-state index is -3.68. The van der Waals surface area contributed by atoms with Gasteiger partial charge in [0.15, 0.2) is 0 Å². The van der Waals surface area contributed by atoms with E-state index in [1.165, 1.54) is 6.20 Å². The maximum absolute atomic E-state index is 11.1.